The van der Waals surface area contributed by atoms with Gasteiger partial charge in [-0.1, -0.05) is 55.8 Å². The molecule has 0 fully saturated rings. The quantitative estimate of drug-likeness (QED) is 0.384. The largest absolute Gasteiger partial charge is 0.494 e. The molecule has 6 nitrogen and oxygen atoms in total. The summed E-state index contributed by atoms with van der Waals surface area (Å²) >= 11 is 0. The fraction of sp³-hybridized carbons (Fsp3) is 0.296. The summed E-state index contributed by atoms with van der Waals surface area (Å²) in [5, 5.41) is 2.86. The number of benzene rings is 3. The Morgan fingerprint density at radius 3 is 2.18 bits per heavy atom. The van der Waals surface area contributed by atoms with Crippen LogP contribution in [0.3, 0.4) is 0 Å². The molecule has 0 aromatic heterocycles. The van der Waals surface area contributed by atoms with Crippen molar-refractivity contribution in [2.24, 2.45) is 0 Å². The third-order valence-corrected chi connectivity index (χ3v) is 6.87. The molecule has 0 spiro atoms. The van der Waals surface area contributed by atoms with Crippen molar-refractivity contribution in [1.29, 1.82) is 0 Å². The number of anilines is 1. The van der Waals surface area contributed by atoms with E-state index in [0.717, 1.165) is 24.8 Å². The molecule has 0 aliphatic carbocycles. The van der Waals surface area contributed by atoms with Crippen LogP contribution in [0.5, 0.6) is 5.75 Å². The van der Waals surface area contributed by atoms with Crippen molar-refractivity contribution < 1.29 is 17.9 Å². The van der Waals surface area contributed by atoms with Crippen molar-refractivity contribution in [2.75, 3.05) is 11.9 Å². The van der Waals surface area contributed by atoms with E-state index in [4.69, 9.17) is 4.74 Å². The van der Waals surface area contributed by atoms with Crippen LogP contribution in [-0.2, 0) is 27.7 Å². The summed E-state index contributed by atoms with van der Waals surface area (Å²) in [7, 11) is -3.93. The topological polar surface area (TPSA) is 84.5 Å². The standard InChI is InChI=1S/C27H32N2O4S/c1-3-5-9-21-12-14-23(15-13-21)28-27(30)26(20-22-10-7-6-8-11-22)29-34(31,32)25-18-16-24(17-19-25)33-4-2/h6-8,10-19,26,29H,3-5,9,20H2,1-2H3,(H,28,30). The molecule has 1 atom stereocenters. The lowest BCUT2D eigenvalue weighted by atomic mass is 10.1. The zero-order valence-corrected chi connectivity index (χ0v) is 20.5. The fourth-order valence-corrected chi connectivity index (χ4v) is 4.74. The van der Waals surface area contributed by atoms with Crippen LogP contribution >= 0.6 is 0 Å². The molecule has 1 amide bonds. The first-order valence-electron chi connectivity index (χ1n) is 11.6. The number of hydrogen-bond donors (Lipinski definition) is 2. The number of aryl methyl sites for hydroxylation is 1. The summed E-state index contributed by atoms with van der Waals surface area (Å²) in [6.45, 7) is 4.50. The van der Waals surface area contributed by atoms with Crippen LogP contribution in [0.4, 0.5) is 5.69 Å². The minimum atomic E-state index is -3.93. The third-order valence-electron chi connectivity index (χ3n) is 5.38. The van der Waals surface area contributed by atoms with Crippen molar-refractivity contribution >= 4 is 21.6 Å². The number of carbonyl (C=O) groups excluding carboxylic acids is 1. The molecule has 0 saturated heterocycles. The Morgan fingerprint density at radius 1 is 0.882 bits per heavy atom. The molecule has 0 bridgehead atoms. The maximum atomic E-state index is 13.2. The van der Waals surface area contributed by atoms with Crippen LogP contribution in [0.2, 0.25) is 0 Å². The lowest BCUT2D eigenvalue weighted by Gasteiger charge is -2.19. The Balaban J connectivity index is 1.78. The summed E-state index contributed by atoms with van der Waals surface area (Å²) in [4.78, 5) is 13.2. The van der Waals surface area contributed by atoms with Crippen LogP contribution in [0.1, 0.15) is 37.8 Å². The first-order valence-corrected chi connectivity index (χ1v) is 13.1. The lowest BCUT2D eigenvalue weighted by molar-refractivity contribution is -0.117. The molecule has 0 heterocycles. The molecular formula is C27H32N2O4S. The van der Waals surface area contributed by atoms with Gasteiger partial charge in [-0.2, -0.15) is 4.72 Å². The van der Waals surface area contributed by atoms with Crippen LogP contribution < -0.4 is 14.8 Å². The van der Waals surface area contributed by atoms with E-state index in [1.165, 1.54) is 17.7 Å². The molecule has 3 rings (SSSR count). The molecule has 3 aromatic rings. The van der Waals surface area contributed by atoms with Crippen molar-refractivity contribution in [1.82, 2.24) is 4.72 Å². The van der Waals surface area contributed by atoms with Gasteiger partial charge >= 0.3 is 0 Å². The van der Waals surface area contributed by atoms with Gasteiger partial charge in [0.05, 0.1) is 11.5 Å². The van der Waals surface area contributed by atoms with E-state index in [1.54, 1.807) is 12.1 Å². The van der Waals surface area contributed by atoms with Crippen molar-refractivity contribution in [2.45, 2.75) is 50.5 Å². The van der Waals surface area contributed by atoms with E-state index in [-0.39, 0.29) is 11.3 Å². The van der Waals surface area contributed by atoms with Crippen LogP contribution in [0, 0.1) is 0 Å². The molecule has 180 valence electrons. The van der Waals surface area contributed by atoms with Gasteiger partial charge in [0.1, 0.15) is 11.8 Å². The van der Waals surface area contributed by atoms with Gasteiger partial charge < -0.3 is 10.1 Å². The lowest BCUT2D eigenvalue weighted by Crippen LogP contribution is -2.45. The smallest absolute Gasteiger partial charge is 0.242 e. The Bertz CT molecular complexity index is 1150. The predicted molar refractivity (Wildman–Crippen MR) is 136 cm³/mol. The summed E-state index contributed by atoms with van der Waals surface area (Å²) < 4.78 is 34.1. The second-order valence-electron chi connectivity index (χ2n) is 8.06. The number of ether oxygens (including phenoxy) is 1. The summed E-state index contributed by atoms with van der Waals surface area (Å²) in [6.07, 6.45) is 3.44. The van der Waals surface area contributed by atoms with Gasteiger partial charge in [0.15, 0.2) is 0 Å². The number of sulfonamides is 1. The van der Waals surface area contributed by atoms with E-state index in [1.807, 2.05) is 61.5 Å². The van der Waals surface area contributed by atoms with Gasteiger partial charge in [-0.3, -0.25) is 4.79 Å². The Labute approximate surface area is 202 Å². The molecule has 7 heteroatoms. The van der Waals surface area contributed by atoms with Crippen molar-refractivity contribution in [3.63, 3.8) is 0 Å². The molecular weight excluding hydrogens is 448 g/mol. The zero-order valence-electron chi connectivity index (χ0n) is 19.7. The maximum absolute atomic E-state index is 13.2. The van der Waals surface area contributed by atoms with Gasteiger partial charge in [-0.25, -0.2) is 8.42 Å². The SMILES string of the molecule is CCCCc1ccc(NC(=O)C(Cc2ccccc2)NS(=O)(=O)c2ccc(OCC)cc2)cc1. The maximum Gasteiger partial charge on any atom is 0.242 e. The number of nitrogens with one attached hydrogen (secondary N) is 2. The molecule has 0 radical (unpaired) electrons. The van der Waals surface area contributed by atoms with Crippen molar-refractivity contribution in [3.05, 3.63) is 90.0 Å². The average Bonchev–Trinajstić information content (AvgIpc) is 2.84. The molecule has 2 N–H and O–H groups in total. The van der Waals surface area contributed by atoms with Gasteiger partial charge in [-0.05, 0) is 73.7 Å². The normalized spacial score (nSPS) is 12.2. The van der Waals surface area contributed by atoms with E-state index in [0.29, 0.717) is 18.0 Å². The minimum absolute atomic E-state index is 0.0714. The number of hydrogen-bond acceptors (Lipinski definition) is 4. The number of unbranched alkanes of at least 4 members (excludes halogenated alkanes) is 1. The molecule has 1 unspecified atom stereocenters. The first kappa shape index (κ1) is 25.5. The van der Waals surface area contributed by atoms with Gasteiger partial charge in [0.25, 0.3) is 0 Å². The van der Waals surface area contributed by atoms with Crippen molar-refractivity contribution in [3.8, 4) is 5.75 Å². The van der Waals surface area contributed by atoms with E-state index < -0.39 is 22.0 Å². The van der Waals surface area contributed by atoms with Gasteiger partial charge in [0.2, 0.25) is 15.9 Å². The fourth-order valence-electron chi connectivity index (χ4n) is 3.54. The van der Waals surface area contributed by atoms with E-state index in [9.17, 15) is 13.2 Å². The van der Waals surface area contributed by atoms with E-state index >= 15 is 0 Å². The first-order chi connectivity index (χ1) is 16.4. The molecule has 0 saturated carbocycles. The molecule has 34 heavy (non-hydrogen) atoms. The summed E-state index contributed by atoms with van der Waals surface area (Å²) in [5.41, 5.74) is 2.69. The van der Waals surface area contributed by atoms with E-state index in [2.05, 4.69) is 17.0 Å². The van der Waals surface area contributed by atoms with Gasteiger partial charge in [0, 0.05) is 5.69 Å². The zero-order chi connectivity index (χ0) is 24.4. The number of rotatable bonds is 12. The Hall–Kier alpha value is -3.16. The Kier molecular flexibility index (Phi) is 9.24. The highest BCUT2D eigenvalue weighted by Crippen LogP contribution is 2.18. The predicted octanol–water partition coefficient (Wildman–Crippen LogP) is 4.96. The summed E-state index contributed by atoms with van der Waals surface area (Å²) in [6, 6.07) is 22.2. The van der Waals surface area contributed by atoms with Crippen LogP contribution in [0.25, 0.3) is 0 Å². The molecule has 0 aliphatic rings. The number of carbonyl (C=O) groups is 1. The third kappa shape index (κ3) is 7.43. The van der Waals surface area contributed by atoms with Gasteiger partial charge in [-0.15, -0.1) is 0 Å². The highest BCUT2D eigenvalue weighted by Gasteiger charge is 2.26. The van der Waals surface area contributed by atoms with Crippen LogP contribution in [-0.4, -0.2) is 27.0 Å². The van der Waals surface area contributed by atoms with Crippen LogP contribution in [0.15, 0.2) is 83.8 Å². The monoisotopic (exact) mass is 480 g/mol. The average molecular weight is 481 g/mol. The molecule has 3 aromatic carbocycles. The minimum Gasteiger partial charge on any atom is -0.494 e. The Morgan fingerprint density at radius 2 is 1.56 bits per heavy atom. The number of amides is 1. The second kappa shape index (κ2) is 12.3. The summed E-state index contributed by atoms with van der Waals surface area (Å²) in [5.74, 6) is 0.169. The second-order valence-corrected chi connectivity index (χ2v) is 9.77. The highest BCUT2D eigenvalue weighted by atomic mass is 32.2. The highest BCUT2D eigenvalue weighted by molar-refractivity contribution is 7.89. The molecule has 0 aliphatic heterocycles.